The van der Waals surface area contributed by atoms with E-state index in [4.69, 9.17) is 9.47 Å². The summed E-state index contributed by atoms with van der Waals surface area (Å²) < 4.78 is 11.1. The van der Waals surface area contributed by atoms with Crippen molar-refractivity contribution in [3.8, 4) is 11.5 Å². The van der Waals surface area contributed by atoms with Gasteiger partial charge in [-0.2, -0.15) is 0 Å². The van der Waals surface area contributed by atoms with Crippen LogP contribution in [0.3, 0.4) is 0 Å². The first-order chi connectivity index (χ1) is 11.7. The van der Waals surface area contributed by atoms with Crippen molar-refractivity contribution in [2.24, 2.45) is 0 Å². The summed E-state index contributed by atoms with van der Waals surface area (Å²) in [4.78, 5) is 12.2. The summed E-state index contributed by atoms with van der Waals surface area (Å²) in [6.45, 7) is 4.85. The molecule has 0 radical (unpaired) electrons. The molecule has 0 fully saturated rings. The van der Waals surface area contributed by atoms with Gasteiger partial charge in [0.15, 0.2) is 0 Å². The van der Waals surface area contributed by atoms with Gasteiger partial charge in [-0.1, -0.05) is 50.8 Å². The van der Waals surface area contributed by atoms with Gasteiger partial charge in [-0.3, -0.25) is 0 Å². The smallest absolute Gasteiger partial charge is 0.343 e. The summed E-state index contributed by atoms with van der Waals surface area (Å²) in [5, 5.41) is 0. The largest absolute Gasteiger partial charge is 0.494 e. The fourth-order valence-electron chi connectivity index (χ4n) is 2.41. The van der Waals surface area contributed by atoms with Crippen molar-refractivity contribution in [1.29, 1.82) is 0 Å². The molecule has 0 saturated carbocycles. The molecule has 0 heterocycles. The number of rotatable bonds is 9. The van der Waals surface area contributed by atoms with E-state index < -0.39 is 0 Å². The number of ether oxygens (including phenoxy) is 2. The van der Waals surface area contributed by atoms with Gasteiger partial charge >= 0.3 is 5.97 Å². The minimum Gasteiger partial charge on any atom is -0.494 e. The monoisotopic (exact) mass is 326 g/mol. The summed E-state index contributed by atoms with van der Waals surface area (Å²) in [5.74, 6) is 1.03. The molecule has 128 valence electrons. The van der Waals surface area contributed by atoms with Gasteiger partial charge in [0.2, 0.25) is 0 Å². The lowest BCUT2D eigenvalue weighted by atomic mass is 10.2. The number of hydrogen-bond acceptors (Lipinski definition) is 3. The third-order valence-electron chi connectivity index (χ3n) is 3.90. The standard InChI is InChI=1S/C21H26O3/c1-3-4-5-6-9-16-23-19-14-12-18(13-15-19)21(22)24-20-11-8-7-10-17(20)2/h7-8,10-15H,3-6,9,16H2,1-2H3. The Bertz CT molecular complexity index is 632. The normalized spacial score (nSPS) is 10.4. The molecule has 3 heteroatoms. The molecule has 2 aromatic carbocycles. The molecular formula is C21H26O3. The van der Waals surface area contributed by atoms with E-state index in [1.165, 1.54) is 25.7 Å². The van der Waals surface area contributed by atoms with E-state index in [1.807, 2.05) is 37.3 Å². The third kappa shape index (κ3) is 5.73. The zero-order valence-corrected chi connectivity index (χ0v) is 14.6. The zero-order chi connectivity index (χ0) is 17.2. The summed E-state index contributed by atoms with van der Waals surface area (Å²) >= 11 is 0. The second-order valence-electron chi connectivity index (χ2n) is 5.94. The van der Waals surface area contributed by atoms with Gasteiger partial charge in [0.25, 0.3) is 0 Å². The highest BCUT2D eigenvalue weighted by molar-refractivity contribution is 5.91. The van der Waals surface area contributed by atoms with E-state index in [-0.39, 0.29) is 5.97 Å². The van der Waals surface area contributed by atoms with Crippen LogP contribution in [0.25, 0.3) is 0 Å². The van der Waals surface area contributed by atoms with Crippen molar-refractivity contribution in [3.63, 3.8) is 0 Å². The second-order valence-corrected chi connectivity index (χ2v) is 5.94. The number of hydrogen-bond donors (Lipinski definition) is 0. The lowest BCUT2D eigenvalue weighted by Gasteiger charge is -2.08. The molecule has 0 aliphatic carbocycles. The van der Waals surface area contributed by atoms with E-state index in [0.717, 1.165) is 24.3 Å². The molecular weight excluding hydrogens is 300 g/mol. The minimum absolute atomic E-state index is 0.351. The van der Waals surface area contributed by atoms with Crippen LogP contribution >= 0.6 is 0 Å². The van der Waals surface area contributed by atoms with Crippen molar-refractivity contribution < 1.29 is 14.3 Å². The van der Waals surface area contributed by atoms with E-state index in [0.29, 0.717) is 11.3 Å². The number of esters is 1. The second kappa shape index (κ2) is 9.76. The molecule has 0 bridgehead atoms. The van der Waals surface area contributed by atoms with Gasteiger partial charge in [0.1, 0.15) is 11.5 Å². The first kappa shape index (κ1) is 18.1. The minimum atomic E-state index is -0.351. The van der Waals surface area contributed by atoms with Crippen LogP contribution in [0.1, 0.15) is 54.9 Å². The molecule has 0 aromatic heterocycles. The maximum absolute atomic E-state index is 12.2. The Morgan fingerprint density at radius 3 is 2.33 bits per heavy atom. The van der Waals surface area contributed by atoms with Crippen LogP contribution in [0.15, 0.2) is 48.5 Å². The molecule has 24 heavy (non-hydrogen) atoms. The van der Waals surface area contributed by atoms with Crippen molar-refractivity contribution in [1.82, 2.24) is 0 Å². The molecule has 0 amide bonds. The molecule has 3 nitrogen and oxygen atoms in total. The number of aryl methyl sites for hydroxylation is 1. The number of carbonyl (C=O) groups is 1. The van der Waals surface area contributed by atoms with Gasteiger partial charge in [-0.05, 0) is 49.2 Å². The summed E-state index contributed by atoms with van der Waals surface area (Å²) in [6.07, 6.45) is 6.08. The SMILES string of the molecule is CCCCCCCOc1ccc(C(=O)Oc2ccccc2C)cc1. The molecule has 0 unspecified atom stereocenters. The molecule has 0 aliphatic rings. The average molecular weight is 326 g/mol. The number of benzene rings is 2. The Kier molecular flexibility index (Phi) is 7.34. The predicted octanol–water partition coefficient (Wildman–Crippen LogP) is 5.56. The van der Waals surface area contributed by atoms with Crippen LogP contribution in [-0.4, -0.2) is 12.6 Å². The first-order valence-corrected chi connectivity index (χ1v) is 8.71. The van der Waals surface area contributed by atoms with Crippen molar-refractivity contribution >= 4 is 5.97 Å². The average Bonchev–Trinajstić information content (AvgIpc) is 2.60. The van der Waals surface area contributed by atoms with Crippen molar-refractivity contribution in [2.45, 2.75) is 46.0 Å². The van der Waals surface area contributed by atoms with Crippen LogP contribution in [0, 0.1) is 6.92 Å². The zero-order valence-electron chi connectivity index (χ0n) is 14.6. The maximum atomic E-state index is 12.2. The number of unbranched alkanes of at least 4 members (excludes halogenated alkanes) is 4. The fourth-order valence-corrected chi connectivity index (χ4v) is 2.41. The Labute approximate surface area is 144 Å². The van der Waals surface area contributed by atoms with Gasteiger partial charge in [-0.15, -0.1) is 0 Å². The third-order valence-corrected chi connectivity index (χ3v) is 3.90. The maximum Gasteiger partial charge on any atom is 0.343 e. The van der Waals surface area contributed by atoms with E-state index in [9.17, 15) is 4.79 Å². The Morgan fingerprint density at radius 1 is 0.917 bits per heavy atom. The topological polar surface area (TPSA) is 35.5 Å². The summed E-state index contributed by atoms with van der Waals surface area (Å²) in [6, 6.07) is 14.6. The molecule has 0 saturated heterocycles. The molecule has 0 spiro atoms. The highest BCUT2D eigenvalue weighted by atomic mass is 16.5. The van der Waals surface area contributed by atoms with Crippen molar-refractivity contribution in [2.75, 3.05) is 6.61 Å². The highest BCUT2D eigenvalue weighted by Gasteiger charge is 2.10. The van der Waals surface area contributed by atoms with Gasteiger partial charge in [-0.25, -0.2) is 4.79 Å². The number of carbonyl (C=O) groups excluding carboxylic acids is 1. The molecule has 0 N–H and O–H groups in total. The Hall–Kier alpha value is -2.29. The Morgan fingerprint density at radius 2 is 1.62 bits per heavy atom. The molecule has 0 atom stereocenters. The van der Waals surface area contributed by atoms with Gasteiger partial charge < -0.3 is 9.47 Å². The van der Waals surface area contributed by atoms with Crippen LogP contribution in [0.5, 0.6) is 11.5 Å². The lowest BCUT2D eigenvalue weighted by Crippen LogP contribution is -2.09. The van der Waals surface area contributed by atoms with Crippen LogP contribution in [-0.2, 0) is 0 Å². The first-order valence-electron chi connectivity index (χ1n) is 8.71. The molecule has 2 rings (SSSR count). The van der Waals surface area contributed by atoms with Crippen LogP contribution in [0.4, 0.5) is 0 Å². The lowest BCUT2D eigenvalue weighted by molar-refractivity contribution is 0.0733. The van der Waals surface area contributed by atoms with E-state index in [2.05, 4.69) is 6.92 Å². The molecule has 2 aromatic rings. The summed E-state index contributed by atoms with van der Waals surface area (Å²) in [7, 11) is 0. The number of para-hydroxylation sites is 1. The van der Waals surface area contributed by atoms with Gasteiger partial charge in [0, 0.05) is 0 Å². The quantitative estimate of drug-likeness (QED) is 0.343. The van der Waals surface area contributed by atoms with E-state index >= 15 is 0 Å². The van der Waals surface area contributed by atoms with E-state index in [1.54, 1.807) is 18.2 Å². The molecule has 0 aliphatic heterocycles. The predicted molar refractivity (Wildman–Crippen MR) is 96.8 cm³/mol. The van der Waals surface area contributed by atoms with Gasteiger partial charge in [0.05, 0.1) is 12.2 Å². The van der Waals surface area contributed by atoms with Crippen LogP contribution < -0.4 is 9.47 Å². The summed E-state index contributed by atoms with van der Waals surface area (Å²) in [5.41, 5.74) is 1.46. The van der Waals surface area contributed by atoms with Crippen LogP contribution in [0.2, 0.25) is 0 Å². The fraction of sp³-hybridized carbons (Fsp3) is 0.381. The Balaban J connectivity index is 1.81. The van der Waals surface area contributed by atoms with Crippen molar-refractivity contribution in [3.05, 3.63) is 59.7 Å². The highest BCUT2D eigenvalue weighted by Crippen LogP contribution is 2.19.